The van der Waals surface area contributed by atoms with E-state index in [9.17, 15) is 4.39 Å². The minimum atomic E-state index is -0.315. The van der Waals surface area contributed by atoms with Gasteiger partial charge in [-0.15, -0.1) is 0 Å². The molecule has 2 rings (SSSR count). The van der Waals surface area contributed by atoms with Crippen LogP contribution >= 0.6 is 38.5 Å². The van der Waals surface area contributed by atoms with Crippen LogP contribution in [0.15, 0.2) is 40.9 Å². The lowest BCUT2D eigenvalue weighted by molar-refractivity contribution is 0.614. The summed E-state index contributed by atoms with van der Waals surface area (Å²) >= 11 is 5.67. The van der Waals surface area contributed by atoms with Gasteiger partial charge in [0, 0.05) is 8.04 Å². The molecule has 1 nitrogen and oxygen atoms in total. The third-order valence-electron chi connectivity index (χ3n) is 2.85. The standard InChI is InChI=1S/C14H12BrFIN/c1-8-2-3-9(6-12(8)16)14(18)11-7-10(15)4-5-13(11)17/h2-7,14H,18H2,1H3. The highest BCUT2D eigenvalue weighted by molar-refractivity contribution is 14.1. The third-order valence-corrected chi connectivity index (χ3v) is 4.32. The van der Waals surface area contributed by atoms with E-state index in [4.69, 9.17) is 5.73 Å². The largest absolute Gasteiger partial charge is 0.320 e. The minimum Gasteiger partial charge on any atom is -0.320 e. The predicted molar refractivity (Wildman–Crippen MR) is 84.0 cm³/mol. The van der Waals surface area contributed by atoms with Gasteiger partial charge >= 0.3 is 0 Å². The summed E-state index contributed by atoms with van der Waals surface area (Å²) in [7, 11) is 0. The van der Waals surface area contributed by atoms with E-state index < -0.39 is 0 Å². The molecule has 0 aliphatic rings. The van der Waals surface area contributed by atoms with Gasteiger partial charge in [-0.3, -0.25) is 0 Å². The number of aryl methyl sites for hydroxylation is 1. The molecule has 0 fully saturated rings. The van der Waals surface area contributed by atoms with Gasteiger partial charge in [-0.1, -0.05) is 28.1 Å². The van der Waals surface area contributed by atoms with Crippen molar-refractivity contribution in [2.45, 2.75) is 13.0 Å². The molecular weight excluding hydrogens is 408 g/mol. The Balaban J connectivity index is 2.44. The molecule has 0 spiro atoms. The Morgan fingerprint density at radius 3 is 2.61 bits per heavy atom. The molecule has 0 saturated heterocycles. The molecule has 0 aliphatic carbocycles. The van der Waals surface area contributed by atoms with Crippen LogP contribution in [-0.4, -0.2) is 0 Å². The molecule has 18 heavy (non-hydrogen) atoms. The highest BCUT2D eigenvalue weighted by Crippen LogP contribution is 2.27. The van der Waals surface area contributed by atoms with Crippen LogP contribution in [0.5, 0.6) is 0 Å². The van der Waals surface area contributed by atoms with Crippen LogP contribution in [0, 0.1) is 16.3 Å². The number of hydrogen-bond donors (Lipinski definition) is 1. The van der Waals surface area contributed by atoms with Crippen molar-refractivity contribution in [3.05, 3.63) is 66.9 Å². The molecule has 0 bridgehead atoms. The van der Waals surface area contributed by atoms with Crippen molar-refractivity contribution in [1.82, 2.24) is 0 Å². The zero-order valence-electron chi connectivity index (χ0n) is 9.75. The van der Waals surface area contributed by atoms with Crippen molar-refractivity contribution in [2.75, 3.05) is 0 Å². The SMILES string of the molecule is Cc1ccc(C(N)c2cc(Br)ccc2I)cc1F. The third kappa shape index (κ3) is 2.92. The van der Waals surface area contributed by atoms with Crippen molar-refractivity contribution in [3.8, 4) is 0 Å². The van der Waals surface area contributed by atoms with Crippen LogP contribution in [0.25, 0.3) is 0 Å². The lowest BCUT2D eigenvalue weighted by Gasteiger charge is -2.15. The summed E-state index contributed by atoms with van der Waals surface area (Å²) < 4.78 is 15.6. The first-order valence-electron chi connectivity index (χ1n) is 5.45. The number of rotatable bonds is 2. The van der Waals surface area contributed by atoms with Crippen molar-refractivity contribution < 1.29 is 4.39 Å². The van der Waals surface area contributed by atoms with Crippen LogP contribution in [-0.2, 0) is 0 Å². The fourth-order valence-corrected chi connectivity index (χ4v) is 2.78. The second-order valence-corrected chi connectivity index (χ2v) is 6.23. The van der Waals surface area contributed by atoms with E-state index in [0.29, 0.717) is 5.56 Å². The molecule has 0 aromatic heterocycles. The molecule has 0 radical (unpaired) electrons. The molecule has 0 heterocycles. The molecule has 4 heteroatoms. The van der Waals surface area contributed by atoms with E-state index >= 15 is 0 Å². The Morgan fingerprint density at radius 1 is 1.22 bits per heavy atom. The van der Waals surface area contributed by atoms with E-state index in [0.717, 1.165) is 19.2 Å². The molecular formula is C14H12BrFIN. The van der Waals surface area contributed by atoms with E-state index in [-0.39, 0.29) is 11.9 Å². The zero-order chi connectivity index (χ0) is 13.3. The maximum atomic E-state index is 13.6. The molecule has 0 amide bonds. The van der Waals surface area contributed by atoms with E-state index in [2.05, 4.69) is 38.5 Å². The number of halogens is 3. The molecule has 0 aliphatic heterocycles. The molecule has 2 aromatic rings. The molecule has 94 valence electrons. The van der Waals surface area contributed by atoms with E-state index in [1.807, 2.05) is 24.3 Å². The van der Waals surface area contributed by atoms with Crippen LogP contribution < -0.4 is 5.73 Å². The van der Waals surface area contributed by atoms with Gasteiger partial charge in [-0.25, -0.2) is 4.39 Å². The van der Waals surface area contributed by atoms with E-state index in [1.165, 1.54) is 6.07 Å². The Hall–Kier alpha value is -0.460. The summed E-state index contributed by atoms with van der Waals surface area (Å²) in [4.78, 5) is 0. The molecule has 2 N–H and O–H groups in total. The van der Waals surface area contributed by atoms with Crippen LogP contribution in [0.2, 0.25) is 0 Å². The quantitative estimate of drug-likeness (QED) is 0.710. The van der Waals surface area contributed by atoms with Gasteiger partial charge in [0.2, 0.25) is 0 Å². The van der Waals surface area contributed by atoms with E-state index in [1.54, 1.807) is 13.0 Å². The van der Waals surface area contributed by atoms with Crippen LogP contribution in [0.3, 0.4) is 0 Å². The van der Waals surface area contributed by atoms with Gasteiger partial charge < -0.3 is 5.73 Å². The Labute approximate surface area is 128 Å². The van der Waals surface area contributed by atoms with Gasteiger partial charge in [0.05, 0.1) is 6.04 Å². The summed E-state index contributed by atoms with van der Waals surface area (Å²) in [5, 5.41) is 0. The first-order valence-corrected chi connectivity index (χ1v) is 7.33. The van der Waals surface area contributed by atoms with Gasteiger partial charge in [-0.05, 0) is 70.5 Å². The Bertz CT molecular complexity index is 586. The maximum Gasteiger partial charge on any atom is 0.126 e. The topological polar surface area (TPSA) is 26.0 Å². The van der Waals surface area contributed by atoms with Crippen molar-refractivity contribution in [3.63, 3.8) is 0 Å². The fourth-order valence-electron chi connectivity index (χ4n) is 1.74. The van der Waals surface area contributed by atoms with Gasteiger partial charge in [0.15, 0.2) is 0 Å². The highest BCUT2D eigenvalue weighted by atomic mass is 127. The number of hydrogen-bond acceptors (Lipinski definition) is 1. The summed E-state index contributed by atoms with van der Waals surface area (Å²) in [6.45, 7) is 1.74. The second-order valence-electron chi connectivity index (χ2n) is 4.15. The highest BCUT2D eigenvalue weighted by Gasteiger charge is 2.14. The summed E-state index contributed by atoms with van der Waals surface area (Å²) in [6.07, 6.45) is 0. The number of nitrogens with two attached hydrogens (primary N) is 1. The maximum absolute atomic E-state index is 13.6. The zero-order valence-corrected chi connectivity index (χ0v) is 13.5. The van der Waals surface area contributed by atoms with Crippen LogP contribution in [0.4, 0.5) is 4.39 Å². The average Bonchev–Trinajstić information content (AvgIpc) is 2.35. The van der Waals surface area contributed by atoms with Crippen molar-refractivity contribution in [2.24, 2.45) is 5.73 Å². The fraction of sp³-hybridized carbons (Fsp3) is 0.143. The first kappa shape index (κ1) is 14.0. The summed E-state index contributed by atoms with van der Waals surface area (Å²) in [6, 6.07) is 10.8. The lowest BCUT2D eigenvalue weighted by atomic mass is 9.98. The van der Waals surface area contributed by atoms with Crippen molar-refractivity contribution in [1.29, 1.82) is 0 Å². The Morgan fingerprint density at radius 2 is 1.94 bits per heavy atom. The lowest BCUT2D eigenvalue weighted by Crippen LogP contribution is -2.13. The van der Waals surface area contributed by atoms with Crippen LogP contribution in [0.1, 0.15) is 22.7 Å². The second kappa shape index (κ2) is 5.67. The first-order chi connectivity index (χ1) is 8.49. The normalized spacial score (nSPS) is 12.5. The Kier molecular flexibility index (Phi) is 4.40. The predicted octanol–water partition coefficient (Wildman–Crippen LogP) is 4.55. The minimum absolute atomic E-state index is 0.215. The average molecular weight is 420 g/mol. The monoisotopic (exact) mass is 419 g/mol. The summed E-state index contributed by atoms with van der Waals surface area (Å²) in [5.41, 5.74) is 8.63. The molecule has 0 saturated carbocycles. The molecule has 2 aromatic carbocycles. The smallest absolute Gasteiger partial charge is 0.126 e. The molecule has 1 atom stereocenters. The van der Waals surface area contributed by atoms with Crippen molar-refractivity contribution >= 4 is 38.5 Å². The number of benzene rings is 2. The van der Waals surface area contributed by atoms with Gasteiger partial charge in [-0.2, -0.15) is 0 Å². The summed E-state index contributed by atoms with van der Waals surface area (Å²) in [5.74, 6) is -0.215. The molecule has 1 unspecified atom stereocenters. The van der Waals surface area contributed by atoms with Gasteiger partial charge in [0.1, 0.15) is 5.82 Å². The van der Waals surface area contributed by atoms with Gasteiger partial charge in [0.25, 0.3) is 0 Å².